The first-order valence-electron chi connectivity index (χ1n) is 8.48. The molecule has 2 heterocycles. The first-order chi connectivity index (χ1) is 13.1. The van der Waals surface area contributed by atoms with Crippen molar-refractivity contribution in [1.82, 2.24) is 14.5 Å². The van der Waals surface area contributed by atoms with Gasteiger partial charge in [0.05, 0.1) is 46.0 Å². The molecule has 0 unspecified atom stereocenters. The van der Waals surface area contributed by atoms with Crippen LogP contribution in [0.2, 0.25) is 5.02 Å². The van der Waals surface area contributed by atoms with Crippen LogP contribution >= 0.6 is 11.6 Å². The lowest BCUT2D eigenvalue weighted by Crippen LogP contribution is -2.10. The van der Waals surface area contributed by atoms with E-state index in [1.807, 2.05) is 6.92 Å². The number of aromatic nitrogens is 3. The SMILES string of the molecule is CCOC(=O)c1cc(C)c2nc(C)n(Cc3ncc(C(F)(F)F)cc3Cl)c2c1. The Morgan fingerprint density at radius 2 is 1.96 bits per heavy atom. The number of hydrogen-bond donors (Lipinski definition) is 0. The minimum Gasteiger partial charge on any atom is -0.462 e. The van der Waals surface area contributed by atoms with Gasteiger partial charge < -0.3 is 9.30 Å². The van der Waals surface area contributed by atoms with Crippen molar-refractivity contribution in [3.8, 4) is 0 Å². The summed E-state index contributed by atoms with van der Waals surface area (Å²) in [4.78, 5) is 20.5. The molecule has 0 aliphatic heterocycles. The Labute approximate surface area is 164 Å². The van der Waals surface area contributed by atoms with Gasteiger partial charge in [0.2, 0.25) is 0 Å². The highest BCUT2D eigenvalue weighted by Crippen LogP contribution is 2.32. The summed E-state index contributed by atoms with van der Waals surface area (Å²) in [5.41, 5.74) is 1.87. The summed E-state index contributed by atoms with van der Waals surface area (Å²) in [6.07, 6.45) is -3.76. The van der Waals surface area contributed by atoms with Crippen LogP contribution in [0.3, 0.4) is 0 Å². The minimum absolute atomic E-state index is 0.0886. The van der Waals surface area contributed by atoms with Gasteiger partial charge in [-0.1, -0.05) is 11.6 Å². The Kier molecular flexibility index (Phi) is 5.34. The fraction of sp³-hybridized carbons (Fsp3) is 0.316. The van der Waals surface area contributed by atoms with Gasteiger partial charge in [0, 0.05) is 6.20 Å². The highest BCUT2D eigenvalue weighted by Gasteiger charge is 2.31. The molecule has 0 spiro atoms. The van der Waals surface area contributed by atoms with Gasteiger partial charge in [0.25, 0.3) is 0 Å². The number of alkyl halides is 3. The van der Waals surface area contributed by atoms with Gasteiger partial charge in [-0.2, -0.15) is 13.2 Å². The first-order valence-corrected chi connectivity index (χ1v) is 8.85. The summed E-state index contributed by atoms with van der Waals surface area (Å²) < 4.78 is 45.3. The van der Waals surface area contributed by atoms with Crippen LogP contribution in [-0.4, -0.2) is 27.1 Å². The number of ether oxygens (including phenoxy) is 1. The number of halogens is 4. The number of carbonyl (C=O) groups is 1. The van der Waals surface area contributed by atoms with E-state index in [0.29, 0.717) is 22.4 Å². The van der Waals surface area contributed by atoms with Crippen molar-refractivity contribution in [2.24, 2.45) is 0 Å². The summed E-state index contributed by atoms with van der Waals surface area (Å²) in [6.45, 7) is 5.67. The van der Waals surface area contributed by atoms with Gasteiger partial charge >= 0.3 is 12.1 Å². The zero-order chi connectivity index (χ0) is 20.6. The number of nitrogens with zero attached hydrogens (tertiary/aromatic N) is 3. The number of fused-ring (bicyclic) bond motifs is 1. The summed E-state index contributed by atoms with van der Waals surface area (Å²) in [6, 6.07) is 4.20. The van der Waals surface area contributed by atoms with Crippen LogP contribution in [-0.2, 0) is 17.5 Å². The van der Waals surface area contributed by atoms with Crippen molar-refractivity contribution in [1.29, 1.82) is 0 Å². The van der Waals surface area contributed by atoms with Gasteiger partial charge in [-0.25, -0.2) is 9.78 Å². The fourth-order valence-electron chi connectivity index (χ4n) is 2.93. The van der Waals surface area contributed by atoms with Gasteiger partial charge in [-0.05, 0) is 44.5 Å². The van der Waals surface area contributed by atoms with Gasteiger partial charge in [-0.3, -0.25) is 4.98 Å². The van der Waals surface area contributed by atoms with Crippen molar-refractivity contribution < 1.29 is 22.7 Å². The van der Waals surface area contributed by atoms with Crippen LogP contribution < -0.4 is 0 Å². The van der Waals surface area contributed by atoms with E-state index in [1.165, 1.54) is 0 Å². The third-order valence-electron chi connectivity index (χ3n) is 4.30. The second-order valence-electron chi connectivity index (χ2n) is 6.28. The molecule has 0 amide bonds. The molecule has 5 nitrogen and oxygen atoms in total. The number of hydrogen-bond acceptors (Lipinski definition) is 4. The van der Waals surface area contributed by atoms with E-state index in [9.17, 15) is 18.0 Å². The molecule has 0 N–H and O–H groups in total. The fourth-order valence-corrected chi connectivity index (χ4v) is 3.15. The first kappa shape index (κ1) is 20.1. The maximum atomic E-state index is 12.8. The molecular formula is C19H17ClF3N3O2. The molecule has 0 saturated heterocycles. The van der Waals surface area contributed by atoms with Crippen LogP contribution in [0.15, 0.2) is 24.4 Å². The van der Waals surface area contributed by atoms with E-state index in [-0.39, 0.29) is 23.9 Å². The molecule has 0 fully saturated rings. The number of carbonyl (C=O) groups excluding carboxylic acids is 1. The number of imidazole rings is 1. The zero-order valence-electron chi connectivity index (χ0n) is 15.4. The summed E-state index contributed by atoms with van der Waals surface area (Å²) in [5.74, 6) is 0.167. The molecule has 0 saturated carbocycles. The van der Waals surface area contributed by atoms with Crippen molar-refractivity contribution in [3.05, 3.63) is 57.6 Å². The number of rotatable bonds is 4. The summed E-state index contributed by atoms with van der Waals surface area (Å²) in [7, 11) is 0. The quantitative estimate of drug-likeness (QED) is 0.570. The predicted molar refractivity (Wildman–Crippen MR) is 98.5 cm³/mol. The van der Waals surface area contributed by atoms with Gasteiger partial charge in [0.15, 0.2) is 0 Å². The molecule has 3 aromatic rings. The van der Waals surface area contributed by atoms with Crippen molar-refractivity contribution in [2.75, 3.05) is 6.61 Å². The second-order valence-corrected chi connectivity index (χ2v) is 6.68. The third kappa shape index (κ3) is 3.82. The molecule has 148 valence electrons. The minimum atomic E-state index is -4.52. The van der Waals surface area contributed by atoms with Gasteiger partial charge in [0.1, 0.15) is 5.82 Å². The smallest absolute Gasteiger partial charge is 0.417 e. The highest BCUT2D eigenvalue weighted by molar-refractivity contribution is 6.31. The van der Waals surface area contributed by atoms with E-state index in [4.69, 9.17) is 16.3 Å². The largest absolute Gasteiger partial charge is 0.462 e. The van der Waals surface area contributed by atoms with Crippen LogP contribution in [0.1, 0.15) is 39.9 Å². The molecule has 0 bridgehead atoms. The molecule has 2 aromatic heterocycles. The van der Waals surface area contributed by atoms with E-state index < -0.39 is 17.7 Å². The average molecular weight is 412 g/mol. The third-order valence-corrected chi connectivity index (χ3v) is 4.63. The highest BCUT2D eigenvalue weighted by atomic mass is 35.5. The van der Waals surface area contributed by atoms with Crippen molar-refractivity contribution >= 4 is 28.6 Å². The molecule has 28 heavy (non-hydrogen) atoms. The molecule has 1 aromatic carbocycles. The molecule has 3 rings (SSSR count). The standard InChI is InChI=1S/C19H17ClF3N3O2/c1-4-28-18(27)12-5-10(2)17-16(6-12)26(11(3)25-17)9-15-14(20)7-13(8-24-15)19(21,22)23/h5-8H,4,9H2,1-3H3. The lowest BCUT2D eigenvalue weighted by molar-refractivity contribution is -0.137. The Bertz CT molecular complexity index is 1060. The molecule has 0 aliphatic carbocycles. The number of esters is 1. The second kappa shape index (κ2) is 7.43. The zero-order valence-corrected chi connectivity index (χ0v) is 16.1. The Morgan fingerprint density at radius 1 is 1.25 bits per heavy atom. The average Bonchev–Trinajstić information content (AvgIpc) is 2.92. The topological polar surface area (TPSA) is 57.0 Å². The summed E-state index contributed by atoms with van der Waals surface area (Å²) >= 11 is 6.04. The Hall–Kier alpha value is -2.61. The number of aryl methyl sites for hydroxylation is 2. The van der Waals surface area contributed by atoms with E-state index in [2.05, 4.69) is 9.97 Å². The van der Waals surface area contributed by atoms with Crippen LogP contribution in [0.25, 0.3) is 11.0 Å². The molecular weight excluding hydrogens is 395 g/mol. The maximum absolute atomic E-state index is 12.8. The molecule has 9 heteroatoms. The molecule has 0 aliphatic rings. The normalized spacial score (nSPS) is 11.8. The van der Waals surface area contributed by atoms with Crippen molar-refractivity contribution in [2.45, 2.75) is 33.5 Å². The predicted octanol–water partition coefficient (Wildman–Crippen LogP) is 4.95. The van der Waals surface area contributed by atoms with E-state index in [0.717, 1.165) is 17.8 Å². The lowest BCUT2D eigenvalue weighted by Gasteiger charge is -2.12. The van der Waals surface area contributed by atoms with E-state index >= 15 is 0 Å². The monoisotopic (exact) mass is 411 g/mol. The molecule has 0 atom stereocenters. The van der Waals surface area contributed by atoms with Gasteiger partial charge in [-0.15, -0.1) is 0 Å². The molecule has 0 radical (unpaired) electrons. The maximum Gasteiger partial charge on any atom is 0.417 e. The van der Waals surface area contributed by atoms with Crippen molar-refractivity contribution in [3.63, 3.8) is 0 Å². The Balaban J connectivity index is 2.06. The van der Waals surface area contributed by atoms with Crippen LogP contribution in [0, 0.1) is 13.8 Å². The Morgan fingerprint density at radius 3 is 2.57 bits per heavy atom. The van der Waals surface area contributed by atoms with Crippen LogP contribution in [0.5, 0.6) is 0 Å². The van der Waals surface area contributed by atoms with E-state index in [1.54, 1.807) is 30.5 Å². The number of pyridine rings is 1. The number of benzene rings is 1. The van der Waals surface area contributed by atoms with Crippen LogP contribution in [0.4, 0.5) is 13.2 Å². The lowest BCUT2D eigenvalue weighted by atomic mass is 10.1. The summed E-state index contributed by atoms with van der Waals surface area (Å²) in [5, 5.41) is -0.0886.